The van der Waals surface area contributed by atoms with Crippen molar-refractivity contribution in [2.45, 2.75) is 72.2 Å². The maximum Gasteiger partial charge on any atom is 0.303 e. The number of aryl methyl sites for hydroxylation is 1. The number of esters is 2. The molecule has 0 unspecified atom stereocenters. The first-order chi connectivity index (χ1) is 17.8. The lowest BCUT2D eigenvalue weighted by molar-refractivity contribution is -0.152. The van der Waals surface area contributed by atoms with E-state index in [-0.39, 0.29) is 43.2 Å². The molecule has 0 aliphatic rings. The van der Waals surface area contributed by atoms with Crippen LogP contribution in [0.25, 0.3) is 0 Å². The van der Waals surface area contributed by atoms with E-state index in [1.165, 1.54) is 13.8 Å². The number of benzene rings is 2. The van der Waals surface area contributed by atoms with Crippen LogP contribution < -0.4 is 9.47 Å². The van der Waals surface area contributed by atoms with Gasteiger partial charge in [-0.25, -0.2) is 0 Å². The van der Waals surface area contributed by atoms with E-state index in [2.05, 4.69) is 13.8 Å². The summed E-state index contributed by atoms with van der Waals surface area (Å²) in [5.74, 6) is 0.514. The third-order valence-electron chi connectivity index (χ3n) is 5.83. The first-order valence-electron chi connectivity index (χ1n) is 12.5. The highest BCUT2D eigenvalue weighted by molar-refractivity contribution is 6.32. The SMILES string of the molecule is CC(=O)O[C@H](CCl)COc1c(C)cc(C(C)(C)c2ccc(OC[C@@H](COC(C)C)OC(C)=O)cc2)cc1Cl. The topological polar surface area (TPSA) is 80.3 Å². The summed E-state index contributed by atoms with van der Waals surface area (Å²) < 4.78 is 27.8. The van der Waals surface area contributed by atoms with Crippen molar-refractivity contribution >= 4 is 35.1 Å². The predicted octanol–water partition coefficient (Wildman–Crippen LogP) is 6.26. The van der Waals surface area contributed by atoms with Crippen molar-refractivity contribution in [2.24, 2.45) is 0 Å². The Morgan fingerprint density at radius 2 is 1.45 bits per heavy atom. The van der Waals surface area contributed by atoms with E-state index >= 15 is 0 Å². The molecule has 0 N–H and O–H groups in total. The molecule has 7 nitrogen and oxygen atoms in total. The summed E-state index contributed by atoms with van der Waals surface area (Å²) in [7, 11) is 0. The molecule has 0 aliphatic heterocycles. The average molecular weight is 570 g/mol. The number of alkyl halides is 1. The van der Waals surface area contributed by atoms with Crippen LogP contribution in [0, 0.1) is 6.92 Å². The molecule has 0 fully saturated rings. The Kier molecular flexibility index (Phi) is 12.2. The highest BCUT2D eigenvalue weighted by Crippen LogP contribution is 2.38. The Bertz CT molecular complexity index is 1040. The standard InChI is InChI=1S/C29H38Cl2O7/c1-18(2)34-16-26(38-21(5)33)17-35-24-10-8-22(9-11-24)29(6,7)23-12-19(3)28(27(31)13-23)36-15-25(14-30)37-20(4)32/h8-13,18,25-26H,14-17H2,1-7H3/t25-,26-/m1/s1. The molecule has 2 rings (SSSR count). The van der Waals surface area contributed by atoms with Gasteiger partial charge in [0.2, 0.25) is 0 Å². The molecule has 0 aromatic heterocycles. The van der Waals surface area contributed by atoms with Crippen molar-refractivity contribution in [3.8, 4) is 11.5 Å². The van der Waals surface area contributed by atoms with Gasteiger partial charge in [0.05, 0.1) is 23.6 Å². The van der Waals surface area contributed by atoms with Gasteiger partial charge in [-0.2, -0.15) is 0 Å². The Balaban J connectivity index is 2.12. The summed E-state index contributed by atoms with van der Waals surface area (Å²) in [6, 6.07) is 11.7. The Labute approximate surface area is 235 Å². The van der Waals surface area contributed by atoms with E-state index in [0.29, 0.717) is 16.5 Å². The van der Waals surface area contributed by atoms with Gasteiger partial charge >= 0.3 is 11.9 Å². The van der Waals surface area contributed by atoms with Crippen LogP contribution in [0.4, 0.5) is 0 Å². The van der Waals surface area contributed by atoms with Crippen LogP contribution in [-0.2, 0) is 29.2 Å². The second-order valence-corrected chi connectivity index (χ2v) is 10.6. The highest BCUT2D eigenvalue weighted by Gasteiger charge is 2.26. The molecule has 0 saturated carbocycles. The van der Waals surface area contributed by atoms with Crippen molar-refractivity contribution in [2.75, 3.05) is 25.7 Å². The average Bonchev–Trinajstić information content (AvgIpc) is 2.83. The molecule has 2 aromatic carbocycles. The van der Waals surface area contributed by atoms with Crippen LogP contribution >= 0.6 is 23.2 Å². The molecule has 210 valence electrons. The zero-order chi connectivity index (χ0) is 28.5. The van der Waals surface area contributed by atoms with Gasteiger partial charge in [-0.05, 0) is 55.7 Å². The summed E-state index contributed by atoms with van der Waals surface area (Å²) in [5, 5.41) is 0.462. The Morgan fingerprint density at radius 1 is 0.868 bits per heavy atom. The van der Waals surface area contributed by atoms with Crippen molar-refractivity contribution in [1.82, 2.24) is 0 Å². The summed E-state index contributed by atoms with van der Waals surface area (Å²) >= 11 is 12.5. The van der Waals surface area contributed by atoms with Gasteiger partial charge in [0.1, 0.15) is 30.8 Å². The summed E-state index contributed by atoms with van der Waals surface area (Å²) in [6.45, 7) is 13.2. The van der Waals surface area contributed by atoms with Crippen molar-refractivity contribution < 1.29 is 33.3 Å². The normalized spacial score (nSPS) is 13.1. The fourth-order valence-electron chi connectivity index (χ4n) is 3.77. The Hall–Kier alpha value is -2.48. The molecule has 2 aromatic rings. The van der Waals surface area contributed by atoms with Gasteiger partial charge in [0.15, 0.2) is 6.10 Å². The van der Waals surface area contributed by atoms with Crippen LogP contribution in [0.1, 0.15) is 58.2 Å². The summed E-state index contributed by atoms with van der Waals surface area (Å²) in [5.41, 5.74) is 2.56. The van der Waals surface area contributed by atoms with Crippen LogP contribution in [0.2, 0.25) is 5.02 Å². The van der Waals surface area contributed by atoms with Crippen LogP contribution in [0.5, 0.6) is 11.5 Å². The Morgan fingerprint density at radius 3 is 1.97 bits per heavy atom. The monoisotopic (exact) mass is 568 g/mol. The third kappa shape index (κ3) is 9.68. The molecule has 0 heterocycles. The third-order valence-corrected chi connectivity index (χ3v) is 6.45. The fourth-order valence-corrected chi connectivity index (χ4v) is 4.24. The number of rotatable bonds is 14. The van der Waals surface area contributed by atoms with Gasteiger partial charge in [-0.1, -0.05) is 43.6 Å². The molecule has 0 bridgehead atoms. The first kappa shape index (κ1) is 31.7. The zero-order valence-corrected chi connectivity index (χ0v) is 24.7. The van der Waals surface area contributed by atoms with Gasteiger partial charge in [-0.3, -0.25) is 9.59 Å². The van der Waals surface area contributed by atoms with E-state index in [1.54, 1.807) is 0 Å². The number of carbonyl (C=O) groups excluding carboxylic acids is 2. The van der Waals surface area contributed by atoms with E-state index in [0.717, 1.165) is 16.7 Å². The van der Waals surface area contributed by atoms with Crippen LogP contribution in [0.15, 0.2) is 36.4 Å². The van der Waals surface area contributed by atoms with Crippen molar-refractivity contribution in [1.29, 1.82) is 0 Å². The van der Waals surface area contributed by atoms with E-state index < -0.39 is 18.2 Å². The van der Waals surface area contributed by atoms with Gasteiger partial charge in [0.25, 0.3) is 0 Å². The molecule has 2 atom stereocenters. The second kappa shape index (κ2) is 14.6. The molecule has 0 spiro atoms. The number of carbonyl (C=O) groups is 2. The largest absolute Gasteiger partial charge is 0.490 e. The molecule has 9 heteroatoms. The minimum atomic E-state index is -0.562. The molecule has 0 amide bonds. The predicted molar refractivity (Wildman–Crippen MR) is 149 cm³/mol. The minimum absolute atomic E-state index is 0.0237. The first-order valence-corrected chi connectivity index (χ1v) is 13.4. The number of hydrogen-bond acceptors (Lipinski definition) is 7. The lowest BCUT2D eigenvalue weighted by Crippen LogP contribution is -2.30. The maximum absolute atomic E-state index is 11.4. The molecule has 0 aliphatic carbocycles. The summed E-state index contributed by atoms with van der Waals surface area (Å²) in [4.78, 5) is 22.6. The van der Waals surface area contributed by atoms with E-state index in [9.17, 15) is 9.59 Å². The molecule has 38 heavy (non-hydrogen) atoms. The number of hydrogen-bond donors (Lipinski definition) is 0. The number of halogens is 2. The smallest absolute Gasteiger partial charge is 0.303 e. The zero-order valence-electron chi connectivity index (χ0n) is 23.1. The fraction of sp³-hybridized carbons (Fsp3) is 0.517. The molecule has 0 saturated heterocycles. The van der Waals surface area contributed by atoms with Crippen LogP contribution in [-0.4, -0.2) is 56.0 Å². The maximum atomic E-state index is 11.4. The van der Waals surface area contributed by atoms with Crippen LogP contribution in [0.3, 0.4) is 0 Å². The molecule has 0 radical (unpaired) electrons. The quantitative estimate of drug-likeness (QED) is 0.196. The molecular formula is C29H38Cl2O7. The van der Waals surface area contributed by atoms with Gasteiger partial charge < -0.3 is 23.7 Å². The summed E-state index contributed by atoms with van der Waals surface area (Å²) in [6.07, 6.45) is -1.03. The van der Waals surface area contributed by atoms with E-state index in [1.807, 2.05) is 57.2 Å². The second-order valence-electron chi connectivity index (χ2n) is 9.87. The van der Waals surface area contributed by atoms with E-state index in [4.69, 9.17) is 46.9 Å². The number of ether oxygens (including phenoxy) is 5. The van der Waals surface area contributed by atoms with Crippen molar-refractivity contribution in [3.63, 3.8) is 0 Å². The van der Waals surface area contributed by atoms with Gasteiger partial charge in [-0.15, -0.1) is 11.6 Å². The highest BCUT2D eigenvalue weighted by atomic mass is 35.5. The lowest BCUT2D eigenvalue weighted by Gasteiger charge is -2.28. The van der Waals surface area contributed by atoms with Gasteiger partial charge in [0, 0.05) is 19.3 Å². The lowest BCUT2D eigenvalue weighted by atomic mass is 9.77. The molecular weight excluding hydrogens is 531 g/mol. The van der Waals surface area contributed by atoms with Crippen molar-refractivity contribution in [3.05, 3.63) is 58.1 Å². The minimum Gasteiger partial charge on any atom is -0.490 e.